The van der Waals surface area contributed by atoms with E-state index in [2.05, 4.69) is 12.2 Å². The van der Waals surface area contributed by atoms with Gasteiger partial charge in [0.05, 0.1) is 14.2 Å². The highest BCUT2D eigenvalue weighted by Gasteiger charge is 2.10. The third kappa shape index (κ3) is 4.20. The lowest BCUT2D eigenvalue weighted by atomic mass is 10.1. The Morgan fingerprint density at radius 2 is 2.06 bits per heavy atom. The molecule has 0 radical (unpaired) electrons. The highest BCUT2D eigenvalue weighted by atomic mass is 16.5. The summed E-state index contributed by atoms with van der Waals surface area (Å²) in [4.78, 5) is 0. The van der Waals surface area contributed by atoms with Crippen molar-refractivity contribution in [3.63, 3.8) is 0 Å². The lowest BCUT2D eigenvalue weighted by Crippen LogP contribution is -2.25. The highest BCUT2D eigenvalue weighted by Crippen LogP contribution is 2.30. The molecule has 1 unspecified atom stereocenters. The van der Waals surface area contributed by atoms with Crippen LogP contribution in [-0.2, 0) is 6.54 Å². The van der Waals surface area contributed by atoms with Crippen LogP contribution in [-0.4, -0.2) is 32.0 Å². The quantitative estimate of drug-likeness (QED) is 0.743. The van der Waals surface area contributed by atoms with E-state index in [0.29, 0.717) is 6.04 Å². The third-order valence-corrected chi connectivity index (χ3v) is 2.92. The van der Waals surface area contributed by atoms with E-state index in [0.717, 1.165) is 36.4 Å². The molecule has 0 fully saturated rings. The standard InChI is InChI=1S/C14H23NO3/c1-11(6-5-9-16)15-10-12-7-4-8-13(17-2)14(12)18-3/h4,7-8,11,15-16H,5-6,9-10H2,1-3H3. The Labute approximate surface area is 109 Å². The largest absolute Gasteiger partial charge is 0.493 e. The van der Waals surface area contributed by atoms with Gasteiger partial charge in [-0.25, -0.2) is 0 Å². The molecule has 1 rings (SSSR count). The van der Waals surface area contributed by atoms with E-state index in [1.54, 1.807) is 14.2 Å². The Balaban J connectivity index is 2.61. The molecular weight excluding hydrogens is 230 g/mol. The van der Waals surface area contributed by atoms with Crippen molar-refractivity contribution in [3.05, 3.63) is 23.8 Å². The molecule has 0 spiro atoms. The first-order valence-electron chi connectivity index (χ1n) is 6.27. The van der Waals surface area contributed by atoms with Crippen molar-refractivity contribution in [2.45, 2.75) is 32.4 Å². The van der Waals surface area contributed by atoms with Crippen LogP contribution in [0.4, 0.5) is 0 Å². The molecule has 2 N–H and O–H groups in total. The van der Waals surface area contributed by atoms with Gasteiger partial charge >= 0.3 is 0 Å². The summed E-state index contributed by atoms with van der Waals surface area (Å²) >= 11 is 0. The number of aliphatic hydroxyl groups excluding tert-OH is 1. The van der Waals surface area contributed by atoms with Gasteiger partial charge in [-0.2, -0.15) is 0 Å². The summed E-state index contributed by atoms with van der Waals surface area (Å²) in [6.45, 7) is 3.09. The van der Waals surface area contributed by atoms with Gasteiger partial charge in [-0.05, 0) is 25.8 Å². The maximum absolute atomic E-state index is 8.79. The average Bonchev–Trinajstić information content (AvgIpc) is 2.41. The summed E-state index contributed by atoms with van der Waals surface area (Å²) in [6.07, 6.45) is 1.78. The predicted molar refractivity (Wildman–Crippen MR) is 72.2 cm³/mol. The van der Waals surface area contributed by atoms with Crippen LogP contribution in [0.25, 0.3) is 0 Å². The molecule has 0 aromatic heterocycles. The summed E-state index contributed by atoms with van der Waals surface area (Å²) < 4.78 is 10.6. The minimum Gasteiger partial charge on any atom is -0.493 e. The van der Waals surface area contributed by atoms with Gasteiger partial charge in [0, 0.05) is 24.8 Å². The topological polar surface area (TPSA) is 50.7 Å². The molecule has 18 heavy (non-hydrogen) atoms. The van der Waals surface area contributed by atoms with Gasteiger partial charge in [-0.3, -0.25) is 0 Å². The molecule has 0 heterocycles. The van der Waals surface area contributed by atoms with Crippen molar-refractivity contribution in [3.8, 4) is 11.5 Å². The normalized spacial score (nSPS) is 12.2. The molecule has 102 valence electrons. The summed E-state index contributed by atoms with van der Waals surface area (Å²) in [6, 6.07) is 6.23. The van der Waals surface area contributed by atoms with Gasteiger partial charge in [0.2, 0.25) is 0 Å². The van der Waals surface area contributed by atoms with Crippen LogP contribution >= 0.6 is 0 Å². The Morgan fingerprint density at radius 3 is 2.67 bits per heavy atom. The van der Waals surface area contributed by atoms with Crippen LogP contribution in [0.3, 0.4) is 0 Å². The molecule has 1 aromatic rings. The molecule has 4 heteroatoms. The van der Waals surface area contributed by atoms with Crippen LogP contribution in [0.2, 0.25) is 0 Å². The van der Waals surface area contributed by atoms with Crippen molar-refractivity contribution < 1.29 is 14.6 Å². The average molecular weight is 253 g/mol. The van der Waals surface area contributed by atoms with Crippen LogP contribution in [0.5, 0.6) is 11.5 Å². The number of para-hydroxylation sites is 1. The Kier molecular flexibility index (Phi) is 6.54. The van der Waals surface area contributed by atoms with Crippen LogP contribution < -0.4 is 14.8 Å². The van der Waals surface area contributed by atoms with E-state index in [1.807, 2.05) is 18.2 Å². The van der Waals surface area contributed by atoms with E-state index >= 15 is 0 Å². The fraction of sp³-hybridized carbons (Fsp3) is 0.571. The summed E-state index contributed by atoms with van der Waals surface area (Å²) in [7, 11) is 3.29. The second kappa shape index (κ2) is 7.95. The Hall–Kier alpha value is -1.26. The van der Waals surface area contributed by atoms with E-state index in [4.69, 9.17) is 14.6 Å². The number of benzene rings is 1. The zero-order valence-corrected chi connectivity index (χ0v) is 11.4. The van der Waals surface area contributed by atoms with Crippen LogP contribution in [0.15, 0.2) is 18.2 Å². The molecule has 0 aliphatic carbocycles. The van der Waals surface area contributed by atoms with E-state index in [9.17, 15) is 0 Å². The van der Waals surface area contributed by atoms with Crippen molar-refractivity contribution in [2.75, 3.05) is 20.8 Å². The Bertz CT molecular complexity index is 355. The van der Waals surface area contributed by atoms with Crippen LogP contribution in [0, 0.1) is 0 Å². The van der Waals surface area contributed by atoms with Crippen molar-refractivity contribution >= 4 is 0 Å². The van der Waals surface area contributed by atoms with E-state index in [-0.39, 0.29) is 6.61 Å². The fourth-order valence-electron chi connectivity index (χ4n) is 1.88. The predicted octanol–water partition coefficient (Wildman–Crippen LogP) is 1.95. The fourth-order valence-corrected chi connectivity index (χ4v) is 1.88. The zero-order valence-electron chi connectivity index (χ0n) is 11.4. The molecule has 4 nitrogen and oxygen atoms in total. The maximum Gasteiger partial charge on any atom is 0.165 e. The van der Waals surface area contributed by atoms with Crippen molar-refractivity contribution in [1.82, 2.24) is 5.32 Å². The number of hydrogen-bond donors (Lipinski definition) is 2. The second-order valence-electron chi connectivity index (χ2n) is 4.30. The minimum absolute atomic E-state index is 0.245. The molecule has 0 amide bonds. The molecule has 0 aliphatic heterocycles. The molecular formula is C14H23NO3. The molecule has 0 saturated carbocycles. The van der Waals surface area contributed by atoms with Gasteiger partial charge in [0.25, 0.3) is 0 Å². The smallest absolute Gasteiger partial charge is 0.165 e. The summed E-state index contributed by atoms with van der Waals surface area (Å²) in [5.74, 6) is 1.53. The SMILES string of the molecule is COc1cccc(CNC(C)CCCO)c1OC. The monoisotopic (exact) mass is 253 g/mol. The first kappa shape index (κ1) is 14.8. The molecule has 1 atom stereocenters. The van der Waals surface area contributed by atoms with Gasteiger partial charge in [0.15, 0.2) is 11.5 Å². The summed E-state index contributed by atoms with van der Waals surface area (Å²) in [5, 5.41) is 12.2. The third-order valence-electron chi connectivity index (χ3n) is 2.92. The first-order valence-corrected chi connectivity index (χ1v) is 6.27. The van der Waals surface area contributed by atoms with Gasteiger partial charge in [0.1, 0.15) is 0 Å². The lowest BCUT2D eigenvalue weighted by molar-refractivity contribution is 0.276. The number of rotatable bonds is 8. The van der Waals surface area contributed by atoms with Gasteiger partial charge in [-0.15, -0.1) is 0 Å². The zero-order chi connectivity index (χ0) is 13.4. The molecule has 0 saturated heterocycles. The minimum atomic E-state index is 0.245. The van der Waals surface area contributed by atoms with E-state index < -0.39 is 0 Å². The second-order valence-corrected chi connectivity index (χ2v) is 4.30. The first-order chi connectivity index (χ1) is 8.72. The Morgan fingerprint density at radius 1 is 1.28 bits per heavy atom. The molecule has 0 bridgehead atoms. The maximum atomic E-state index is 8.79. The molecule has 0 aliphatic rings. The van der Waals surface area contributed by atoms with Gasteiger partial charge in [-0.1, -0.05) is 12.1 Å². The lowest BCUT2D eigenvalue weighted by Gasteiger charge is -2.16. The number of nitrogens with one attached hydrogen (secondary N) is 1. The summed E-state index contributed by atoms with van der Waals surface area (Å²) in [5.41, 5.74) is 1.08. The van der Waals surface area contributed by atoms with Crippen molar-refractivity contribution in [2.24, 2.45) is 0 Å². The number of aliphatic hydroxyl groups is 1. The van der Waals surface area contributed by atoms with E-state index in [1.165, 1.54) is 0 Å². The number of hydrogen-bond acceptors (Lipinski definition) is 4. The number of ether oxygens (including phenoxy) is 2. The highest BCUT2D eigenvalue weighted by molar-refractivity contribution is 5.46. The number of methoxy groups -OCH3 is 2. The molecule has 1 aromatic carbocycles. The van der Waals surface area contributed by atoms with Gasteiger partial charge < -0.3 is 19.9 Å². The van der Waals surface area contributed by atoms with Crippen molar-refractivity contribution in [1.29, 1.82) is 0 Å². The van der Waals surface area contributed by atoms with Crippen LogP contribution in [0.1, 0.15) is 25.3 Å².